The van der Waals surface area contributed by atoms with E-state index in [1.807, 2.05) is 0 Å². The molecule has 3 aromatic rings. The number of hydrogen-bond donors (Lipinski definition) is 1. The smallest absolute Gasteiger partial charge is 0.207 e. The van der Waals surface area contributed by atoms with E-state index in [-0.39, 0.29) is 27.6 Å². The van der Waals surface area contributed by atoms with Gasteiger partial charge in [0.05, 0.1) is 9.79 Å². The Morgan fingerprint density at radius 3 is 2.65 bits per heavy atom. The number of Topliss-reactive ketones (excluding diaryl/α,β-unsaturated/α-hetero) is 1. The fraction of sp³-hybridized carbons (Fsp3) is 0.0667. The lowest BCUT2D eigenvalue weighted by molar-refractivity contribution is 0.0990. The molecule has 2 heterocycles. The second kappa shape index (κ2) is 4.82. The minimum Gasteiger partial charge on any atom is -0.294 e. The third kappa shape index (κ3) is 2.07. The minimum absolute atomic E-state index is 0.0126. The SMILES string of the molecule is O=C1Cc2ccccc2S(=O)(=O)c2cc(-c3nnn[nH]3)ccc21. The zero-order valence-corrected chi connectivity index (χ0v) is 12.5. The van der Waals surface area contributed by atoms with Gasteiger partial charge < -0.3 is 0 Å². The second-order valence-corrected chi connectivity index (χ2v) is 7.06. The second-order valence-electron chi connectivity index (χ2n) is 5.17. The van der Waals surface area contributed by atoms with Crippen LogP contribution in [0.2, 0.25) is 0 Å². The molecule has 0 radical (unpaired) electrons. The van der Waals surface area contributed by atoms with Crippen molar-refractivity contribution in [3.05, 3.63) is 53.6 Å². The molecule has 7 nitrogen and oxygen atoms in total. The van der Waals surface area contributed by atoms with E-state index in [2.05, 4.69) is 20.6 Å². The van der Waals surface area contributed by atoms with E-state index in [0.717, 1.165) is 0 Å². The van der Waals surface area contributed by atoms with Gasteiger partial charge in [-0.15, -0.1) is 5.10 Å². The molecule has 1 aliphatic rings. The molecule has 4 rings (SSSR count). The number of nitrogens with one attached hydrogen (secondary N) is 1. The maximum Gasteiger partial charge on any atom is 0.207 e. The van der Waals surface area contributed by atoms with E-state index in [1.165, 1.54) is 18.2 Å². The number of fused-ring (bicyclic) bond motifs is 2. The third-order valence-corrected chi connectivity index (χ3v) is 5.70. The van der Waals surface area contributed by atoms with Crippen LogP contribution in [0.1, 0.15) is 15.9 Å². The van der Waals surface area contributed by atoms with Gasteiger partial charge in [-0.1, -0.05) is 24.3 Å². The molecule has 0 fully saturated rings. The van der Waals surface area contributed by atoms with Gasteiger partial charge in [-0.25, -0.2) is 13.5 Å². The lowest BCUT2D eigenvalue weighted by Crippen LogP contribution is -2.06. The van der Waals surface area contributed by atoms with Crippen LogP contribution in [0.3, 0.4) is 0 Å². The molecule has 1 N–H and O–H groups in total. The first kappa shape index (κ1) is 13.8. The predicted molar refractivity (Wildman–Crippen MR) is 79.5 cm³/mol. The maximum atomic E-state index is 13.0. The highest BCUT2D eigenvalue weighted by Gasteiger charge is 2.31. The third-order valence-electron chi connectivity index (χ3n) is 3.80. The summed E-state index contributed by atoms with van der Waals surface area (Å²) in [5.74, 6) is 0.115. The van der Waals surface area contributed by atoms with Gasteiger partial charge in [0, 0.05) is 17.5 Å². The molecule has 23 heavy (non-hydrogen) atoms. The highest BCUT2D eigenvalue weighted by molar-refractivity contribution is 7.91. The molecule has 0 unspecified atom stereocenters. The molecular formula is C15H10N4O3S. The Kier molecular flexibility index (Phi) is 2.88. The first-order chi connectivity index (χ1) is 11.1. The molecule has 0 amide bonds. The number of nitrogens with zero attached hydrogens (tertiary/aromatic N) is 3. The van der Waals surface area contributed by atoms with Gasteiger partial charge in [0.2, 0.25) is 9.84 Å². The largest absolute Gasteiger partial charge is 0.294 e. The lowest BCUT2D eigenvalue weighted by Gasteiger charge is -2.08. The number of aromatic amines is 1. The Labute approximate surface area is 131 Å². The van der Waals surface area contributed by atoms with Gasteiger partial charge in [-0.3, -0.25) is 4.79 Å². The van der Waals surface area contributed by atoms with Crippen molar-refractivity contribution in [1.29, 1.82) is 0 Å². The normalized spacial score (nSPS) is 15.6. The average molecular weight is 326 g/mol. The monoisotopic (exact) mass is 326 g/mol. The number of benzene rings is 2. The molecule has 0 spiro atoms. The van der Waals surface area contributed by atoms with Crippen LogP contribution in [0.5, 0.6) is 0 Å². The number of ketones is 1. The minimum atomic E-state index is -3.79. The van der Waals surface area contributed by atoms with Gasteiger partial charge >= 0.3 is 0 Å². The summed E-state index contributed by atoms with van der Waals surface area (Å²) >= 11 is 0. The Bertz CT molecular complexity index is 1030. The van der Waals surface area contributed by atoms with Crippen LogP contribution in [-0.4, -0.2) is 34.8 Å². The summed E-state index contributed by atoms with van der Waals surface area (Å²) in [6, 6.07) is 11.1. The van der Waals surface area contributed by atoms with Crippen LogP contribution in [0.25, 0.3) is 11.4 Å². The van der Waals surface area contributed by atoms with E-state index in [0.29, 0.717) is 17.0 Å². The van der Waals surface area contributed by atoms with Crippen molar-refractivity contribution >= 4 is 15.6 Å². The van der Waals surface area contributed by atoms with Crippen molar-refractivity contribution in [2.45, 2.75) is 16.2 Å². The number of sulfone groups is 1. The van der Waals surface area contributed by atoms with Gasteiger partial charge in [-0.2, -0.15) is 0 Å². The van der Waals surface area contributed by atoms with E-state index in [1.54, 1.807) is 24.3 Å². The summed E-state index contributed by atoms with van der Waals surface area (Å²) in [6.45, 7) is 0. The van der Waals surface area contributed by atoms with Crippen LogP contribution >= 0.6 is 0 Å². The van der Waals surface area contributed by atoms with Crippen LogP contribution in [-0.2, 0) is 16.3 Å². The van der Waals surface area contributed by atoms with Crippen molar-refractivity contribution in [2.24, 2.45) is 0 Å². The number of rotatable bonds is 1. The topological polar surface area (TPSA) is 106 Å². The van der Waals surface area contributed by atoms with E-state index < -0.39 is 9.84 Å². The van der Waals surface area contributed by atoms with Crippen molar-refractivity contribution < 1.29 is 13.2 Å². The number of aromatic nitrogens is 4. The Balaban J connectivity index is 2.02. The Morgan fingerprint density at radius 2 is 1.87 bits per heavy atom. The Hall–Kier alpha value is -2.87. The van der Waals surface area contributed by atoms with Gasteiger partial charge in [0.25, 0.3) is 0 Å². The van der Waals surface area contributed by atoms with Crippen LogP contribution in [0, 0.1) is 0 Å². The molecule has 8 heteroatoms. The highest BCUT2D eigenvalue weighted by atomic mass is 32.2. The van der Waals surface area contributed by atoms with Crippen molar-refractivity contribution in [1.82, 2.24) is 20.6 Å². The number of hydrogen-bond acceptors (Lipinski definition) is 6. The number of carbonyl (C=O) groups excluding carboxylic acids is 1. The van der Waals surface area contributed by atoms with Gasteiger partial charge in [0.1, 0.15) is 0 Å². The molecule has 0 saturated heterocycles. The van der Waals surface area contributed by atoms with E-state index in [4.69, 9.17) is 0 Å². The van der Waals surface area contributed by atoms with Gasteiger partial charge in [-0.05, 0) is 34.2 Å². The molecule has 0 saturated carbocycles. The summed E-state index contributed by atoms with van der Waals surface area (Å²) in [4.78, 5) is 12.6. The summed E-state index contributed by atoms with van der Waals surface area (Å²) in [5, 5.41) is 13.3. The van der Waals surface area contributed by atoms with E-state index >= 15 is 0 Å². The Morgan fingerprint density at radius 1 is 1.04 bits per heavy atom. The van der Waals surface area contributed by atoms with Gasteiger partial charge in [0.15, 0.2) is 11.6 Å². The van der Waals surface area contributed by atoms with Crippen LogP contribution in [0.15, 0.2) is 52.3 Å². The molecule has 114 valence electrons. The van der Waals surface area contributed by atoms with E-state index in [9.17, 15) is 13.2 Å². The number of H-pyrrole nitrogens is 1. The van der Waals surface area contributed by atoms with Crippen molar-refractivity contribution in [3.63, 3.8) is 0 Å². The quantitative estimate of drug-likeness (QED) is 0.725. The summed E-state index contributed by atoms with van der Waals surface area (Å²) in [6.07, 6.45) is 0.0611. The molecule has 2 aromatic carbocycles. The van der Waals surface area contributed by atoms with Crippen molar-refractivity contribution in [2.75, 3.05) is 0 Å². The molecule has 1 aromatic heterocycles. The van der Waals surface area contributed by atoms with Crippen LogP contribution in [0.4, 0.5) is 0 Å². The molecule has 0 aliphatic carbocycles. The zero-order chi connectivity index (χ0) is 16.0. The summed E-state index contributed by atoms with van der Waals surface area (Å²) in [7, 11) is -3.79. The molecule has 0 atom stereocenters. The number of tetrazole rings is 1. The first-order valence-electron chi connectivity index (χ1n) is 6.82. The zero-order valence-electron chi connectivity index (χ0n) is 11.7. The standard InChI is InChI=1S/C15H10N4O3S/c20-12-7-9-3-1-2-4-13(9)23(21,22)14-8-10(5-6-11(12)14)15-16-18-19-17-15/h1-6,8H,7H2,(H,16,17,18,19). The average Bonchev–Trinajstić information content (AvgIpc) is 3.06. The molecular weight excluding hydrogens is 316 g/mol. The fourth-order valence-corrected chi connectivity index (χ4v) is 4.44. The molecule has 1 aliphatic heterocycles. The fourth-order valence-electron chi connectivity index (χ4n) is 2.70. The summed E-state index contributed by atoms with van der Waals surface area (Å²) in [5.41, 5.74) is 1.21. The number of carbonyl (C=O) groups is 1. The summed E-state index contributed by atoms with van der Waals surface area (Å²) < 4.78 is 25.9. The highest BCUT2D eigenvalue weighted by Crippen LogP contribution is 2.33. The molecule has 0 bridgehead atoms. The van der Waals surface area contributed by atoms with Crippen LogP contribution < -0.4 is 0 Å². The predicted octanol–water partition coefficient (Wildman–Crippen LogP) is 1.44. The maximum absolute atomic E-state index is 13.0. The first-order valence-corrected chi connectivity index (χ1v) is 8.30. The lowest BCUT2D eigenvalue weighted by atomic mass is 10.0. The van der Waals surface area contributed by atoms with Crippen molar-refractivity contribution in [3.8, 4) is 11.4 Å².